The van der Waals surface area contributed by atoms with Crippen LogP contribution >= 0.6 is 0 Å². The molecule has 1 N–H and O–H groups in total. The Labute approximate surface area is 77.9 Å². The molecule has 0 amide bonds. The van der Waals surface area contributed by atoms with Crippen LogP contribution < -0.4 is 0 Å². The Kier molecular flexibility index (Phi) is 2.34. The van der Waals surface area contributed by atoms with Crippen molar-refractivity contribution in [1.82, 2.24) is 4.90 Å². The predicted octanol–water partition coefficient (Wildman–Crippen LogP) is -0.217. The number of rotatable bonds is 2. The monoisotopic (exact) mass is 148 g/mol. The van der Waals surface area contributed by atoms with Crippen molar-refractivity contribution in [3.8, 4) is 0 Å². The van der Waals surface area contributed by atoms with Crippen LogP contribution in [-0.4, -0.2) is 54.0 Å². The summed E-state index contributed by atoms with van der Waals surface area (Å²) in [6, 6.07) is 0.213. The third-order valence-electron chi connectivity index (χ3n) is 2.50. The molecule has 11 heavy (non-hydrogen) atoms. The van der Waals surface area contributed by atoms with Gasteiger partial charge in [-0.05, 0) is 25.8 Å². The normalized spacial score (nSPS) is 41.0. The summed E-state index contributed by atoms with van der Waals surface area (Å²) in [6.45, 7) is 0. The van der Waals surface area contributed by atoms with Gasteiger partial charge in [0.25, 0.3) is 0 Å². The molecule has 0 aromatic rings. The topological polar surface area (TPSA) is 40.3 Å². The molecule has 0 aromatic carbocycles. The van der Waals surface area contributed by atoms with Crippen molar-refractivity contribution in [2.24, 2.45) is 5.92 Å². The van der Waals surface area contributed by atoms with Crippen LogP contribution in [0.5, 0.6) is 0 Å². The molecule has 0 spiro atoms. The van der Waals surface area contributed by atoms with Crippen LogP contribution in [0.25, 0.3) is 0 Å². The first-order valence-electron chi connectivity index (χ1n) is 3.66. The van der Waals surface area contributed by atoms with E-state index >= 15 is 0 Å². The van der Waals surface area contributed by atoms with E-state index in [0.717, 1.165) is 0 Å². The van der Waals surface area contributed by atoms with Gasteiger partial charge in [0.15, 0.2) is 0 Å². The van der Waals surface area contributed by atoms with E-state index < -0.39 is 5.97 Å². The fourth-order valence-corrected chi connectivity index (χ4v) is 1.71. The molecule has 3 nitrogen and oxygen atoms in total. The van der Waals surface area contributed by atoms with E-state index in [1.165, 1.54) is 12.8 Å². The van der Waals surface area contributed by atoms with Crippen LogP contribution in [0.2, 0.25) is 0 Å². The maximum absolute atomic E-state index is 10.5. The SMILES string of the molecule is CN1C(C(=O)O)C1C1CC1.[Li]. The van der Waals surface area contributed by atoms with Gasteiger partial charge in [-0.25, -0.2) is 0 Å². The minimum Gasteiger partial charge on any atom is -0.480 e. The van der Waals surface area contributed by atoms with Crippen LogP contribution in [0.1, 0.15) is 12.8 Å². The van der Waals surface area contributed by atoms with Crippen molar-refractivity contribution in [3.05, 3.63) is 0 Å². The maximum Gasteiger partial charge on any atom is 0.322 e. The molecular formula is C7H11LiNO2. The third-order valence-corrected chi connectivity index (χ3v) is 2.50. The second-order valence-corrected chi connectivity index (χ2v) is 3.28. The van der Waals surface area contributed by atoms with Crippen molar-refractivity contribution in [1.29, 1.82) is 0 Å². The summed E-state index contributed by atoms with van der Waals surface area (Å²) in [6.07, 6.45) is 2.47. The Morgan fingerprint density at radius 2 is 2.09 bits per heavy atom. The van der Waals surface area contributed by atoms with Gasteiger partial charge in [-0.1, -0.05) is 0 Å². The summed E-state index contributed by atoms with van der Waals surface area (Å²) in [5.74, 6) is 0.0468. The Morgan fingerprint density at radius 3 is 2.36 bits per heavy atom. The quantitative estimate of drug-likeness (QED) is 0.435. The van der Waals surface area contributed by atoms with Crippen molar-refractivity contribution in [2.75, 3.05) is 7.05 Å². The minimum atomic E-state index is -0.653. The molecule has 1 radical (unpaired) electrons. The molecule has 3 unspecified atom stereocenters. The Balaban J connectivity index is 0.000000605. The Hall–Kier alpha value is 0.0274. The first-order chi connectivity index (χ1) is 4.72. The first kappa shape index (κ1) is 9.12. The number of aliphatic carboxylic acids is 1. The van der Waals surface area contributed by atoms with Gasteiger partial charge >= 0.3 is 5.97 Å². The summed E-state index contributed by atoms with van der Waals surface area (Å²) in [5, 5.41) is 8.63. The molecule has 57 valence electrons. The van der Waals surface area contributed by atoms with E-state index in [0.29, 0.717) is 12.0 Å². The van der Waals surface area contributed by atoms with E-state index in [9.17, 15) is 4.79 Å². The van der Waals surface area contributed by atoms with Crippen molar-refractivity contribution in [2.45, 2.75) is 24.9 Å². The van der Waals surface area contributed by atoms with E-state index in [1.807, 2.05) is 11.9 Å². The van der Waals surface area contributed by atoms with Gasteiger partial charge in [-0.3, -0.25) is 9.69 Å². The zero-order valence-corrected chi connectivity index (χ0v) is 6.95. The Morgan fingerprint density at radius 1 is 1.55 bits per heavy atom. The van der Waals surface area contributed by atoms with Gasteiger partial charge in [0.05, 0.1) is 0 Å². The minimum absolute atomic E-state index is 0. The molecule has 2 aliphatic rings. The van der Waals surface area contributed by atoms with E-state index in [2.05, 4.69) is 0 Å². The summed E-state index contributed by atoms with van der Waals surface area (Å²) in [7, 11) is 1.89. The molecule has 4 heteroatoms. The number of carboxylic acids is 1. The van der Waals surface area contributed by atoms with Gasteiger partial charge < -0.3 is 5.11 Å². The molecule has 1 aliphatic heterocycles. The van der Waals surface area contributed by atoms with E-state index in [4.69, 9.17) is 5.11 Å². The third kappa shape index (κ3) is 1.46. The molecule has 0 aromatic heterocycles. The molecule has 1 heterocycles. The molecule has 2 rings (SSSR count). The molecule has 1 saturated heterocycles. The summed E-state index contributed by atoms with van der Waals surface area (Å²) < 4.78 is 0. The largest absolute Gasteiger partial charge is 0.480 e. The fraction of sp³-hybridized carbons (Fsp3) is 0.857. The van der Waals surface area contributed by atoms with Crippen molar-refractivity contribution < 1.29 is 9.90 Å². The van der Waals surface area contributed by atoms with E-state index in [-0.39, 0.29) is 24.9 Å². The van der Waals surface area contributed by atoms with Gasteiger partial charge in [-0.2, -0.15) is 0 Å². The van der Waals surface area contributed by atoms with Gasteiger partial charge in [0, 0.05) is 24.9 Å². The zero-order valence-electron chi connectivity index (χ0n) is 6.95. The second kappa shape index (κ2) is 2.82. The predicted molar refractivity (Wildman–Crippen MR) is 41.5 cm³/mol. The second-order valence-electron chi connectivity index (χ2n) is 3.28. The molecule has 1 aliphatic carbocycles. The average Bonchev–Trinajstić information content (AvgIpc) is 2.57. The number of hydrogen-bond donors (Lipinski definition) is 1. The van der Waals surface area contributed by atoms with Crippen molar-refractivity contribution >= 4 is 24.8 Å². The smallest absolute Gasteiger partial charge is 0.322 e. The average molecular weight is 148 g/mol. The van der Waals surface area contributed by atoms with Crippen molar-refractivity contribution in [3.63, 3.8) is 0 Å². The van der Waals surface area contributed by atoms with Crippen LogP contribution in [0.4, 0.5) is 0 Å². The summed E-state index contributed by atoms with van der Waals surface area (Å²) in [4.78, 5) is 12.4. The number of carbonyl (C=O) groups is 1. The number of hydrogen-bond acceptors (Lipinski definition) is 2. The van der Waals surface area contributed by atoms with Crippen LogP contribution in [0, 0.1) is 5.92 Å². The first-order valence-corrected chi connectivity index (χ1v) is 3.66. The summed E-state index contributed by atoms with van der Waals surface area (Å²) >= 11 is 0. The molecule has 1 saturated carbocycles. The van der Waals surface area contributed by atoms with Gasteiger partial charge in [0.1, 0.15) is 6.04 Å². The zero-order chi connectivity index (χ0) is 7.30. The van der Waals surface area contributed by atoms with Crippen LogP contribution in [0.15, 0.2) is 0 Å². The van der Waals surface area contributed by atoms with E-state index in [1.54, 1.807) is 0 Å². The van der Waals surface area contributed by atoms with Gasteiger partial charge in [0.2, 0.25) is 0 Å². The summed E-state index contributed by atoms with van der Waals surface area (Å²) in [5.41, 5.74) is 0. The van der Waals surface area contributed by atoms with Crippen LogP contribution in [-0.2, 0) is 4.79 Å². The maximum atomic E-state index is 10.5. The molecule has 0 bridgehead atoms. The molecule has 2 fully saturated rings. The molecular weight excluding hydrogens is 137 g/mol. The van der Waals surface area contributed by atoms with Gasteiger partial charge in [-0.15, -0.1) is 0 Å². The molecule has 3 atom stereocenters. The fourth-order valence-electron chi connectivity index (χ4n) is 1.71. The Bertz CT molecular complexity index is 181. The number of nitrogens with zero attached hydrogens (tertiary/aromatic N) is 1. The number of carboxylic acid groups (broad SMARTS) is 1. The van der Waals surface area contributed by atoms with Crippen LogP contribution in [0.3, 0.4) is 0 Å². The number of likely N-dealkylation sites (N-methyl/N-ethyl adjacent to an activating group) is 1. The standard InChI is InChI=1S/C7H11NO2.Li/c1-8-5(4-2-3-4)6(8)7(9)10;/h4-6H,2-3H2,1H3,(H,9,10);.